The Morgan fingerprint density at radius 2 is 1.72 bits per heavy atom. The zero-order valence-corrected chi connectivity index (χ0v) is 16.3. The largest absolute Gasteiger partial charge is 0.318 e. The van der Waals surface area contributed by atoms with E-state index in [-0.39, 0.29) is 5.78 Å². The molecule has 1 fully saturated rings. The summed E-state index contributed by atoms with van der Waals surface area (Å²) in [6.45, 7) is 11.2. The molecule has 2 unspecified atom stereocenters. The van der Waals surface area contributed by atoms with E-state index in [1.165, 1.54) is 6.42 Å². The maximum absolute atomic E-state index is 12.9. The fourth-order valence-corrected chi connectivity index (χ4v) is 4.37. The number of carbonyl (C=O) groups is 1. The van der Waals surface area contributed by atoms with Crippen LogP contribution in [0.2, 0.25) is 5.02 Å². The van der Waals surface area contributed by atoms with Crippen LogP contribution in [0, 0.1) is 25.7 Å². The summed E-state index contributed by atoms with van der Waals surface area (Å²) in [5.74, 6) is 1.55. The summed E-state index contributed by atoms with van der Waals surface area (Å²) in [5.41, 5.74) is 3.95. The van der Waals surface area contributed by atoms with Crippen molar-refractivity contribution < 1.29 is 4.79 Å². The Kier molecular flexibility index (Phi) is 5.35. The number of carbonyl (C=O) groups excluding carboxylic acids is 1. The molecule has 3 rings (SSSR count). The van der Waals surface area contributed by atoms with E-state index in [0.717, 1.165) is 40.8 Å². The quantitative estimate of drug-likeness (QED) is 0.725. The Labute approximate surface area is 155 Å². The number of piperidine rings is 1. The van der Waals surface area contributed by atoms with Gasteiger partial charge in [-0.25, -0.2) is 0 Å². The number of likely N-dealkylation sites (tertiary alicyclic amines) is 1. The van der Waals surface area contributed by atoms with Crippen molar-refractivity contribution in [2.24, 2.45) is 11.8 Å². The van der Waals surface area contributed by atoms with Gasteiger partial charge in [0.25, 0.3) is 0 Å². The van der Waals surface area contributed by atoms with Gasteiger partial charge in [0.2, 0.25) is 0 Å². The summed E-state index contributed by atoms with van der Waals surface area (Å²) in [5, 5.41) is 0.718. The highest BCUT2D eigenvalue weighted by molar-refractivity contribution is 6.30. The lowest BCUT2D eigenvalue weighted by Crippen LogP contribution is -2.41. The van der Waals surface area contributed by atoms with Crippen LogP contribution in [0.15, 0.2) is 30.3 Å². The molecule has 1 saturated heterocycles. The van der Waals surface area contributed by atoms with Gasteiger partial charge < -0.3 is 4.57 Å². The van der Waals surface area contributed by atoms with Crippen LogP contribution in [0.5, 0.6) is 0 Å². The monoisotopic (exact) mass is 358 g/mol. The normalized spacial score (nSPS) is 21.5. The van der Waals surface area contributed by atoms with Crippen LogP contribution < -0.4 is 0 Å². The van der Waals surface area contributed by atoms with Crippen LogP contribution in [0.3, 0.4) is 0 Å². The summed E-state index contributed by atoms with van der Waals surface area (Å²) < 4.78 is 2.13. The molecule has 3 nitrogen and oxygen atoms in total. The van der Waals surface area contributed by atoms with Crippen molar-refractivity contribution in [3.8, 4) is 5.69 Å². The Bertz CT molecular complexity index is 753. The number of benzene rings is 1. The van der Waals surface area contributed by atoms with E-state index in [0.29, 0.717) is 18.4 Å². The number of hydrogen-bond donors (Lipinski definition) is 0. The van der Waals surface area contributed by atoms with E-state index < -0.39 is 0 Å². The Hall–Kier alpha value is -1.58. The fourth-order valence-electron chi connectivity index (χ4n) is 4.24. The lowest BCUT2D eigenvalue weighted by molar-refractivity contribution is 0.0849. The highest BCUT2D eigenvalue weighted by Crippen LogP contribution is 2.24. The van der Waals surface area contributed by atoms with Gasteiger partial charge in [0.15, 0.2) is 5.78 Å². The second-order valence-electron chi connectivity index (χ2n) is 7.66. The minimum absolute atomic E-state index is 0.217. The lowest BCUT2D eigenvalue weighted by atomic mass is 9.91. The Morgan fingerprint density at radius 1 is 1.12 bits per heavy atom. The standard InChI is InChI=1S/C21H27ClN2O/c1-14-9-15(2)12-23(11-14)13-21(25)20-10-16(3)24(17(20)4)19-7-5-18(22)6-8-19/h5-8,10,14-15H,9,11-13H2,1-4H3. The number of nitrogens with zero attached hydrogens (tertiary/aromatic N) is 2. The number of halogens is 1. The molecule has 1 aromatic heterocycles. The van der Waals surface area contributed by atoms with Crippen LogP contribution in [0.25, 0.3) is 5.69 Å². The maximum atomic E-state index is 12.9. The van der Waals surface area contributed by atoms with Gasteiger partial charge in [-0.15, -0.1) is 0 Å². The molecule has 0 amide bonds. The smallest absolute Gasteiger partial charge is 0.178 e. The van der Waals surface area contributed by atoms with Crippen molar-refractivity contribution in [3.63, 3.8) is 0 Å². The van der Waals surface area contributed by atoms with Crippen molar-refractivity contribution in [1.82, 2.24) is 9.47 Å². The molecule has 2 heterocycles. The number of ketones is 1. The molecule has 4 heteroatoms. The van der Waals surface area contributed by atoms with Gasteiger partial charge in [-0.1, -0.05) is 25.4 Å². The van der Waals surface area contributed by atoms with E-state index >= 15 is 0 Å². The molecular formula is C21H27ClN2O. The second kappa shape index (κ2) is 7.35. The SMILES string of the molecule is Cc1cc(C(=O)CN2CC(C)CC(C)C2)c(C)n1-c1ccc(Cl)cc1. The molecule has 0 saturated carbocycles. The first-order valence-corrected chi connectivity index (χ1v) is 9.43. The molecule has 0 spiro atoms. The molecule has 1 aromatic carbocycles. The van der Waals surface area contributed by atoms with E-state index in [4.69, 9.17) is 11.6 Å². The molecule has 0 N–H and O–H groups in total. The Morgan fingerprint density at radius 3 is 2.32 bits per heavy atom. The number of hydrogen-bond acceptors (Lipinski definition) is 2. The molecule has 25 heavy (non-hydrogen) atoms. The highest BCUT2D eigenvalue weighted by atomic mass is 35.5. The predicted octanol–water partition coefficient (Wildman–Crippen LogP) is 4.91. The predicted molar refractivity (Wildman–Crippen MR) is 104 cm³/mol. The van der Waals surface area contributed by atoms with Crippen molar-refractivity contribution in [2.45, 2.75) is 34.1 Å². The zero-order chi connectivity index (χ0) is 18.1. The van der Waals surface area contributed by atoms with E-state index in [1.807, 2.05) is 44.2 Å². The summed E-state index contributed by atoms with van der Waals surface area (Å²) >= 11 is 6.00. The van der Waals surface area contributed by atoms with E-state index in [1.54, 1.807) is 0 Å². The van der Waals surface area contributed by atoms with Crippen molar-refractivity contribution in [3.05, 3.63) is 52.3 Å². The van der Waals surface area contributed by atoms with Gasteiger partial charge in [-0.05, 0) is 62.4 Å². The summed E-state index contributed by atoms with van der Waals surface area (Å²) in [6.07, 6.45) is 1.26. The summed E-state index contributed by atoms with van der Waals surface area (Å²) in [7, 11) is 0. The number of aromatic nitrogens is 1. The van der Waals surface area contributed by atoms with Gasteiger partial charge >= 0.3 is 0 Å². The van der Waals surface area contributed by atoms with Crippen molar-refractivity contribution in [1.29, 1.82) is 0 Å². The maximum Gasteiger partial charge on any atom is 0.178 e. The van der Waals surface area contributed by atoms with E-state index in [9.17, 15) is 4.79 Å². The molecule has 1 aliphatic heterocycles. The van der Waals surface area contributed by atoms with Gasteiger partial charge in [0.05, 0.1) is 6.54 Å². The zero-order valence-electron chi connectivity index (χ0n) is 15.6. The van der Waals surface area contributed by atoms with Crippen molar-refractivity contribution >= 4 is 17.4 Å². The second-order valence-corrected chi connectivity index (χ2v) is 8.10. The first-order chi connectivity index (χ1) is 11.8. The molecule has 134 valence electrons. The summed E-state index contributed by atoms with van der Waals surface area (Å²) in [6, 6.07) is 9.76. The van der Waals surface area contributed by atoms with Gasteiger partial charge in [-0.3, -0.25) is 9.69 Å². The molecule has 1 aliphatic rings. The van der Waals surface area contributed by atoms with Crippen LogP contribution in [0.4, 0.5) is 0 Å². The molecule has 2 atom stereocenters. The average molecular weight is 359 g/mol. The van der Waals surface area contributed by atoms with Gasteiger partial charge in [0.1, 0.15) is 0 Å². The minimum Gasteiger partial charge on any atom is -0.318 e. The molecular weight excluding hydrogens is 332 g/mol. The lowest BCUT2D eigenvalue weighted by Gasteiger charge is -2.34. The third-order valence-corrected chi connectivity index (χ3v) is 5.38. The van der Waals surface area contributed by atoms with Crippen LogP contribution >= 0.6 is 11.6 Å². The first kappa shape index (κ1) is 18.2. The van der Waals surface area contributed by atoms with Crippen LogP contribution in [0.1, 0.15) is 42.0 Å². The fraction of sp³-hybridized carbons (Fsp3) is 0.476. The topological polar surface area (TPSA) is 25.2 Å². The van der Waals surface area contributed by atoms with Crippen LogP contribution in [-0.2, 0) is 0 Å². The van der Waals surface area contributed by atoms with Gasteiger partial charge in [0, 0.05) is 40.8 Å². The number of Topliss-reactive ketones (excluding diaryl/α,β-unsaturated/α-hetero) is 1. The van der Waals surface area contributed by atoms with Crippen molar-refractivity contribution in [2.75, 3.05) is 19.6 Å². The third kappa shape index (κ3) is 3.99. The molecule has 2 aromatic rings. The molecule has 0 bridgehead atoms. The van der Waals surface area contributed by atoms with Gasteiger partial charge in [-0.2, -0.15) is 0 Å². The summed E-state index contributed by atoms with van der Waals surface area (Å²) in [4.78, 5) is 15.2. The first-order valence-electron chi connectivity index (χ1n) is 9.05. The Balaban J connectivity index is 1.82. The van der Waals surface area contributed by atoms with Crippen LogP contribution in [-0.4, -0.2) is 34.9 Å². The third-order valence-electron chi connectivity index (χ3n) is 5.13. The number of rotatable bonds is 4. The highest BCUT2D eigenvalue weighted by Gasteiger charge is 2.25. The number of aryl methyl sites for hydroxylation is 1. The minimum atomic E-state index is 0.217. The van der Waals surface area contributed by atoms with E-state index in [2.05, 4.69) is 23.3 Å². The molecule has 0 radical (unpaired) electrons. The molecule has 0 aliphatic carbocycles. The average Bonchev–Trinajstić information content (AvgIpc) is 2.82.